The van der Waals surface area contributed by atoms with Crippen molar-refractivity contribution >= 4 is 29.7 Å². The number of nitrogens with one attached hydrogen (secondary N) is 4. The Morgan fingerprint density at radius 2 is 1.56 bits per heavy atom. The van der Waals surface area contributed by atoms with Crippen LogP contribution >= 0.6 is 0 Å². The zero-order valence-electron chi connectivity index (χ0n) is 20.0. The number of hydrogen-bond acceptors (Lipinski definition) is 7. The van der Waals surface area contributed by atoms with Crippen molar-refractivity contribution in [3.05, 3.63) is 0 Å². The minimum atomic E-state index is -1.27. The van der Waals surface area contributed by atoms with Crippen LogP contribution in [-0.4, -0.2) is 77.1 Å². The van der Waals surface area contributed by atoms with E-state index in [0.29, 0.717) is 38.8 Å². The summed E-state index contributed by atoms with van der Waals surface area (Å²) in [6, 6.07) is -3.78. The third kappa shape index (κ3) is 10.9. The second-order valence-electron chi connectivity index (χ2n) is 9.02. The van der Waals surface area contributed by atoms with Crippen molar-refractivity contribution in [1.82, 2.24) is 21.3 Å². The minimum Gasteiger partial charge on any atom is -0.481 e. The van der Waals surface area contributed by atoms with Crippen LogP contribution in [0.4, 0.5) is 0 Å². The van der Waals surface area contributed by atoms with E-state index < -0.39 is 54.3 Å². The van der Waals surface area contributed by atoms with Crippen LogP contribution in [0.3, 0.4) is 0 Å². The van der Waals surface area contributed by atoms with Gasteiger partial charge in [-0.15, -0.1) is 0 Å². The lowest BCUT2D eigenvalue weighted by Gasteiger charge is -2.25. The van der Waals surface area contributed by atoms with Crippen molar-refractivity contribution in [2.75, 3.05) is 13.1 Å². The van der Waals surface area contributed by atoms with Gasteiger partial charge in [-0.3, -0.25) is 19.2 Å². The molecule has 0 aliphatic carbocycles. The van der Waals surface area contributed by atoms with Gasteiger partial charge in [-0.25, -0.2) is 4.79 Å². The van der Waals surface area contributed by atoms with E-state index in [1.807, 2.05) is 0 Å². The van der Waals surface area contributed by atoms with Gasteiger partial charge in [-0.05, 0) is 64.0 Å². The number of rotatable bonds is 16. The molecule has 0 radical (unpaired) electrons. The van der Waals surface area contributed by atoms with Gasteiger partial charge in [0, 0.05) is 6.42 Å². The van der Waals surface area contributed by atoms with Crippen LogP contribution in [0.1, 0.15) is 65.2 Å². The fourth-order valence-electron chi connectivity index (χ4n) is 3.72. The molecule has 12 heteroatoms. The highest BCUT2D eigenvalue weighted by Gasteiger charge is 2.31. The molecule has 34 heavy (non-hydrogen) atoms. The van der Waals surface area contributed by atoms with Crippen molar-refractivity contribution in [2.24, 2.45) is 11.7 Å². The molecule has 1 rings (SSSR count). The summed E-state index contributed by atoms with van der Waals surface area (Å²) in [6.07, 6.45) is 2.53. The van der Waals surface area contributed by atoms with Gasteiger partial charge >= 0.3 is 11.9 Å². The first-order valence-electron chi connectivity index (χ1n) is 11.8. The molecule has 8 N–H and O–H groups in total. The standard InChI is InChI=1S/C22H39N5O7/c1-13(2)12-17(22(33)34)27-21(32)16(8-9-18(28)29)26-20(31)15(6-3-4-10-23)25-19(30)14-7-5-11-24-14/h13-17,24H,3-12,23H2,1-2H3,(H,25,30)(H,26,31)(H,27,32)(H,28,29)(H,33,34). The Labute approximate surface area is 199 Å². The van der Waals surface area contributed by atoms with Crippen LogP contribution in [0.15, 0.2) is 0 Å². The predicted octanol–water partition coefficient (Wildman–Crippen LogP) is -0.683. The molecule has 0 aromatic heterocycles. The highest BCUT2D eigenvalue weighted by atomic mass is 16.4. The number of carboxylic acid groups (broad SMARTS) is 2. The average molecular weight is 486 g/mol. The number of carboxylic acids is 2. The molecule has 0 saturated carbocycles. The molecule has 1 saturated heterocycles. The molecule has 1 fully saturated rings. The van der Waals surface area contributed by atoms with Gasteiger partial charge in [0.1, 0.15) is 18.1 Å². The number of nitrogens with two attached hydrogens (primary N) is 1. The molecule has 0 aromatic carbocycles. The first kappa shape index (κ1) is 29.3. The molecule has 12 nitrogen and oxygen atoms in total. The Bertz CT molecular complexity index is 710. The zero-order valence-corrected chi connectivity index (χ0v) is 20.0. The van der Waals surface area contributed by atoms with Crippen LogP contribution in [0.25, 0.3) is 0 Å². The lowest BCUT2D eigenvalue weighted by molar-refractivity contribution is -0.143. The second-order valence-corrected chi connectivity index (χ2v) is 9.02. The monoisotopic (exact) mass is 485 g/mol. The number of aliphatic carboxylic acids is 2. The Balaban J connectivity index is 2.94. The smallest absolute Gasteiger partial charge is 0.326 e. The van der Waals surface area contributed by atoms with Gasteiger partial charge < -0.3 is 37.2 Å². The molecule has 3 amide bonds. The van der Waals surface area contributed by atoms with Crippen molar-refractivity contribution in [3.63, 3.8) is 0 Å². The second kappa shape index (κ2) is 15.2. The van der Waals surface area contributed by atoms with Crippen molar-refractivity contribution < 1.29 is 34.2 Å². The number of hydrogen-bond donors (Lipinski definition) is 7. The summed E-state index contributed by atoms with van der Waals surface area (Å²) in [4.78, 5) is 61.0. The maximum absolute atomic E-state index is 13.0. The molecule has 0 spiro atoms. The normalized spacial score (nSPS) is 18.1. The number of carbonyl (C=O) groups is 5. The lowest BCUT2D eigenvalue weighted by atomic mass is 10.0. The van der Waals surface area contributed by atoms with E-state index in [-0.39, 0.29) is 24.7 Å². The molecule has 4 atom stereocenters. The SMILES string of the molecule is CC(C)CC(NC(=O)C(CCC(=O)O)NC(=O)C(CCCCN)NC(=O)C1CCCN1)C(=O)O. The maximum Gasteiger partial charge on any atom is 0.326 e. The molecule has 194 valence electrons. The van der Waals surface area contributed by atoms with Gasteiger partial charge in [-0.1, -0.05) is 13.8 Å². The third-order valence-corrected chi connectivity index (χ3v) is 5.56. The minimum absolute atomic E-state index is 0.0141. The van der Waals surface area contributed by atoms with E-state index in [0.717, 1.165) is 6.42 Å². The fourth-order valence-corrected chi connectivity index (χ4v) is 3.72. The summed E-state index contributed by atoms with van der Waals surface area (Å²) in [5, 5.41) is 29.1. The van der Waals surface area contributed by atoms with Crippen molar-refractivity contribution in [2.45, 2.75) is 89.4 Å². The Morgan fingerprint density at radius 1 is 0.941 bits per heavy atom. The zero-order chi connectivity index (χ0) is 25.7. The largest absolute Gasteiger partial charge is 0.481 e. The number of unbranched alkanes of at least 4 members (excludes halogenated alkanes) is 1. The van der Waals surface area contributed by atoms with E-state index in [1.165, 1.54) is 0 Å². The summed E-state index contributed by atoms with van der Waals surface area (Å²) in [5.74, 6) is -4.14. The van der Waals surface area contributed by atoms with Crippen LogP contribution in [0.5, 0.6) is 0 Å². The first-order chi connectivity index (χ1) is 16.0. The van der Waals surface area contributed by atoms with Gasteiger partial charge in [0.2, 0.25) is 17.7 Å². The van der Waals surface area contributed by atoms with Crippen LogP contribution < -0.4 is 27.0 Å². The third-order valence-electron chi connectivity index (χ3n) is 5.56. The Kier molecular flexibility index (Phi) is 13.1. The van der Waals surface area contributed by atoms with E-state index >= 15 is 0 Å². The summed E-state index contributed by atoms with van der Waals surface area (Å²) in [7, 11) is 0. The molecular formula is C22H39N5O7. The van der Waals surface area contributed by atoms with Gasteiger partial charge in [0.05, 0.1) is 6.04 Å². The van der Waals surface area contributed by atoms with Gasteiger partial charge in [-0.2, -0.15) is 0 Å². The topological polar surface area (TPSA) is 200 Å². The van der Waals surface area contributed by atoms with Crippen LogP contribution in [0.2, 0.25) is 0 Å². The molecule has 0 aromatic rings. The van der Waals surface area contributed by atoms with E-state index in [4.69, 9.17) is 10.8 Å². The predicted molar refractivity (Wildman–Crippen MR) is 124 cm³/mol. The highest BCUT2D eigenvalue weighted by Crippen LogP contribution is 2.10. The fraction of sp³-hybridized carbons (Fsp3) is 0.773. The molecule has 0 bridgehead atoms. The van der Waals surface area contributed by atoms with Crippen molar-refractivity contribution in [1.29, 1.82) is 0 Å². The quantitative estimate of drug-likeness (QED) is 0.138. The van der Waals surface area contributed by atoms with Crippen LogP contribution in [0, 0.1) is 5.92 Å². The summed E-state index contributed by atoms with van der Waals surface area (Å²) >= 11 is 0. The van der Waals surface area contributed by atoms with Gasteiger partial charge in [0.25, 0.3) is 0 Å². The maximum atomic E-state index is 13.0. The van der Waals surface area contributed by atoms with Gasteiger partial charge in [0.15, 0.2) is 0 Å². The summed E-state index contributed by atoms with van der Waals surface area (Å²) in [6.45, 7) is 4.74. The molecule has 1 aliphatic heterocycles. The lowest BCUT2D eigenvalue weighted by Crippen LogP contribution is -2.57. The van der Waals surface area contributed by atoms with E-state index in [2.05, 4.69) is 21.3 Å². The molecule has 4 unspecified atom stereocenters. The first-order valence-corrected chi connectivity index (χ1v) is 11.8. The van der Waals surface area contributed by atoms with Crippen molar-refractivity contribution in [3.8, 4) is 0 Å². The molecule has 1 aliphatic rings. The summed E-state index contributed by atoms with van der Waals surface area (Å²) < 4.78 is 0. The number of amides is 3. The Morgan fingerprint density at radius 3 is 2.06 bits per heavy atom. The van der Waals surface area contributed by atoms with E-state index in [1.54, 1.807) is 13.8 Å². The average Bonchev–Trinajstić information content (AvgIpc) is 3.29. The van der Waals surface area contributed by atoms with E-state index in [9.17, 15) is 29.1 Å². The Hall–Kier alpha value is -2.73. The molecule has 1 heterocycles. The van der Waals surface area contributed by atoms with Crippen LogP contribution in [-0.2, 0) is 24.0 Å². The highest BCUT2D eigenvalue weighted by molar-refractivity contribution is 5.94. The number of carbonyl (C=O) groups excluding carboxylic acids is 3. The molecular weight excluding hydrogens is 446 g/mol. The summed E-state index contributed by atoms with van der Waals surface area (Å²) in [5.41, 5.74) is 5.53.